The summed E-state index contributed by atoms with van der Waals surface area (Å²) in [6.45, 7) is 9.61. The largest absolute Gasteiger partial charge is 0.369 e. The molecule has 1 aromatic rings. The van der Waals surface area contributed by atoms with E-state index in [-0.39, 0.29) is 0 Å². The maximum Gasteiger partial charge on any atom is 0.149 e. The standard InChI is InChI=1S/C15H28N6/c1-4-5-17-14-12-16-13-15(18-14)21-10-8-20(9-11-21)7-6-19(2)3/h12-13H,4-11H2,1-3H3,(H,17,18). The molecule has 1 aliphatic rings. The van der Waals surface area contributed by atoms with Crippen molar-refractivity contribution in [3.8, 4) is 0 Å². The van der Waals surface area contributed by atoms with Gasteiger partial charge in [0.15, 0.2) is 0 Å². The molecule has 0 saturated carbocycles. The Morgan fingerprint density at radius 3 is 2.62 bits per heavy atom. The van der Waals surface area contributed by atoms with Gasteiger partial charge < -0.3 is 15.1 Å². The smallest absolute Gasteiger partial charge is 0.149 e. The molecule has 2 rings (SSSR count). The van der Waals surface area contributed by atoms with Crippen LogP contribution in [0.25, 0.3) is 0 Å². The summed E-state index contributed by atoms with van der Waals surface area (Å²) >= 11 is 0. The Labute approximate surface area is 128 Å². The van der Waals surface area contributed by atoms with Gasteiger partial charge in [-0.1, -0.05) is 6.92 Å². The number of hydrogen-bond donors (Lipinski definition) is 1. The van der Waals surface area contributed by atoms with E-state index in [9.17, 15) is 0 Å². The first kappa shape index (κ1) is 16.0. The second-order valence-electron chi connectivity index (χ2n) is 5.82. The molecule has 0 aromatic carbocycles. The first-order valence-corrected chi connectivity index (χ1v) is 7.87. The minimum absolute atomic E-state index is 0.879. The van der Waals surface area contributed by atoms with E-state index in [0.29, 0.717) is 0 Å². The van der Waals surface area contributed by atoms with Crippen molar-refractivity contribution in [2.45, 2.75) is 13.3 Å². The molecule has 118 valence electrons. The minimum Gasteiger partial charge on any atom is -0.369 e. The van der Waals surface area contributed by atoms with E-state index < -0.39 is 0 Å². The van der Waals surface area contributed by atoms with Gasteiger partial charge in [-0.05, 0) is 20.5 Å². The maximum absolute atomic E-state index is 4.66. The normalized spacial score (nSPS) is 16.5. The van der Waals surface area contributed by atoms with Crippen LogP contribution in [0.3, 0.4) is 0 Å². The predicted octanol–water partition coefficient (Wildman–Crippen LogP) is 0.982. The van der Waals surface area contributed by atoms with Crippen LogP contribution in [0.2, 0.25) is 0 Å². The Morgan fingerprint density at radius 1 is 1.19 bits per heavy atom. The molecule has 1 fully saturated rings. The summed E-state index contributed by atoms with van der Waals surface area (Å²) in [7, 11) is 4.25. The van der Waals surface area contributed by atoms with Crippen LogP contribution in [-0.4, -0.2) is 79.7 Å². The molecular formula is C15H28N6. The summed E-state index contributed by atoms with van der Waals surface area (Å²) in [5.41, 5.74) is 0. The summed E-state index contributed by atoms with van der Waals surface area (Å²) < 4.78 is 0. The number of nitrogens with zero attached hydrogens (tertiary/aromatic N) is 5. The summed E-state index contributed by atoms with van der Waals surface area (Å²) in [6.07, 6.45) is 4.76. The summed E-state index contributed by atoms with van der Waals surface area (Å²) in [4.78, 5) is 16.0. The number of likely N-dealkylation sites (N-methyl/N-ethyl adjacent to an activating group) is 1. The SMILES string of the molecule is CCCNc1cncc(N2CCN(CCN(C)C)CC2)n1. The van der Waals surface area contributed by atoms with E-state index in [0.717, 1.165) is 63.9 Å². The van der Waals surface area contributed by atoms with Crippen molar-refractivity contribution in [1.29, 1.82) is 0 Å². The van der Waals surface area contributed by atoms with Crippen molar-refractivity contribution in [3.63, 3.8) is 0 Å². The van der Waals surface area contributed by atoms with Crippen LogP contribution >= 0.6 is 0 Å². The van der Waals surface area contributed by atoms with Crippen LogP contribution in [0.4, 0.5) is 11.6 Å². The molecule has 21 heavy (non-hydrogen) atoms. The van der Waals surface area contributed by atoms with Crippen LogP contribution in [0, 0.1) is 0 Å². The Bertz CT molecular complexity index is 414. The van der Waals surface area contributed by atoms with Gasteiger partial charge in [0.2, 0.25) is 0 Å². The van der Waals surface area contributed by atoms with Crippen molar-refractivity contribution < 1.29 is 0 Å². The molecule has 1 saturated heterocycles. The average molecular weight is 292 g/mol. The van der Waals surface area contributed by atoms with E-state index in [1.54, 1.807) is 6.20 Å². The molecule has 0 aliphatic carbocycles. The van der Waals surface area contributed by atoms with Gasteiger partial charge in [-0.25, -0.2) is 4.98 Å². The van der Waals surface area contributed by atoms with Crippen LogP contribution in [-0.2, 0) is 0 Å². The molecular weight excluding hydrogens is 264 g/mol. The lowest BCUT2D eigenvalue weighted by atomic mass is 10.3. The van der Waals surface area contributed by atoms with Gasteiger partial charge in [0, 0.05) is 45.8 Å². The number of anilines is 2. The van der Waals surface area contributed by atoms with Gasteiger partial charge in [-0.3, -0.25) is 9.88 Å². The summed E-state index contributed by atoms with van der Waals surface area (Å²) in [5.74, 6) is 1.87. The number of nitrogens with one attached hydrogen (secondary N) is 1. The molecule has 6 nitrogen and oxygen atoms in total. The van der Waals surface area contributed by atoms with Gasteiger partial charge in [-0.15, -0.1) is 0 Å². The lowest BCUT2D eigenvalue weighted by Gasteiger charge is -2.35. The van der Waals surface area contributed by atoms with E-state index in [2.05, 4.69) is 51.0 Å². The molecule has 0 radical (unpaired) electrons. The van der Waals surface area contributed by atoms with E-state index in [4.69, 9.17) is 0 Å². The number of hydrogen-bond acceptors (Lipinski definition) is 6. The van der Waals surface area contributed by atoms with Gasteiger partial charge in [0.1, 0.15) is 11.6 Å². The minimum atomic E-state index is 0.879. The van der Waals surface area contributed by atoms with Gasteiger partial charge >= 0.3 is 0 Å². The second kappa shape index (κ2) is 8.14. The maximum atomic E-state index is 4.66. The van der Waals surface area contributed by atoms with E-state index >= 15 is 0 Å². The zero-order valence-corrected chi connectivity index (χ0v) is 13.5. The zero-order valence-electron chi connectivity index (χ0n) is 13.5. The third kappa shape index (κ3) is 5.13. The Balaban J connectivity index is 1.84. The van der Waals surface area contributed by atoms with E-state index in [1.807, 2.05) is 6.20 Å². The zero-order chi connectivity index (χ0) is 15.1. The van der Waals surface area contributed by atoms with Crippen LogP contribution in [0.5, 0.6) is 0 Å². The number of aromatic nitrogens is 2. The molecule has 0 bridgehead atoms. The fourth-order valence-electron chi connectivity index (χ4n) is 2.39. The fourth-order valence-corrected chi connectivity index (χ4v) is 2.39. The van der Waals surface area contributed by atoms with Gasteiger partial charge in [0.25, 0.3) is 0 Å². The molecule has 0 spiro atoms. The lowest BCUT2D eigenvalue weighted by molar-refractivity contribution is 0.229. The molecule has 0 atom stereocenters. The monoisotopic (exact) mass is 292 g/mol. The number of rotatable bonds is 7. The molecule has 6 heteroatoms. The third-order valence-corrected chi connectivity index (χ3v) is 3.74. The fraction of sp³-hybridized carbons (Fsp3) is 0.733. The quantitative estimate of drug-likeness (QED) is 0.808. The first-order chi connectivity index (χ1) is 10.2. The Hall–Kier alpha value is -1.40. The molecule has 2 heterocycles. The van der Waals surface area contributed by atoms with Crippen LogP contribution < -0.4 is 10.2 Å². The average Bonchev–Trinajstić information content (AvgIpc) is 2.51. The van der Waals surface area contributed by atoms with Crippen molar-refractivity contribution >= 4 is 11.6 Å². The van der Waals surface area contributed by atoms with Crippen LogP contribution in [0.15, 0.2) is 12.4 Å². The first-order valence-electron chi connectivity index (χ1n) is 7.87. The van der Waals surface area contributed by atoms with Gasteiger partial charge in [-0.2, -0.15) is 0 Å². The predicted molar refractivity (Wildman–Crippen MR) is 88.0 cm³/mol. The highest BCUT2D eigenvalue weighted by Gasteiger charge is 2.18. The topological polar surface area (TPSA) is 47.5 Å². The van der Waals surface area contributed by atoms with Crippen molar-refractivity contribution in [3.05, 3.63) is 12.4 Å². The van der Waals surface area contributed by atoms with Crippen molar-refractivity contribution in [2.24, 2.45) is 0 Å². The van der Waals surface area contributed by atoms with Crippen LogP contribution in [0.1, 0.15) is 13.3 Å². The highest BCUT2D eigenvalue weighted by Crippen LogP contribution is 2.14. The molecule has 1 N–H and O–H groups in total. The second-order valence-corrected chi connectivity index (χ2v) is 5.82. The molecule has 0 unspecified atom stereocenters. The van der Waals surface area contributed by atoms with Gasteiger partial charge in [0.05, 0.1) is 12.4 Å². The molecule has 1 aliphatic heterocycles. The summed E-state index contributed by atoms with van der Waals surface area (Å²) in [6, 6.07) is 0. The summed E-state index contributed by atoms with van der Waals surface area (Å²) in [5, 5.41) is 3.30. The van der Waals surface area contributed by atoms with Crippen molar-refractivity contribution in [2.75, 3.05) is 70.1 Å². The van der Waals surface area contributed by atoms with Crippen molar-refractivity contribution in [1.82, 2.24) is 19.8 Å². The highest BCUT2D eigenvalue weighted by atomic mass is 15.3. The molecule has 0 amide bonds. The Morgan fingerprint density at radius 2 is 1.95 bits per heavy atom. The third-order valence-electron chi connectivity index (χ3n) is 3.74. The lowest BCUT2D eigenvalue weighted by Crippen LogP contribution is -2.48. The van der Waals surface area contributed by atoms with E-state index in [1.165, 1.54) is 0 Å². The molecule has 1 aromatic heterocycles. The highest BCUT2D eigenvalue weighted by molar-refractivity contribution is 5.44. The number of piperazine rings is 1. The Kier molecular flexibility index (Phi) is 6.20.